The Kier molecular flexibility index (Phi) is 6.80. The fourth-order valence-electron chi connectivity index (χ4n) is 8.13. The van der Waals surface area contributed by atoms with Crippen LogP contribution in [0.2, 0.25) is 0 Å². The van der Waals surface area contributed by atoms with Gasteiger partial charge in [0, 0.05) is 33.0 Å². The van der Waals surface area contributed by atoms with Crippen molar-refractivity contribution in [3.8, 4) is 67.5 Å². The van der Waals surface area contributed by atoms with Crippen LogP contribution in [0.4, 0.5) is 0 Å². The van der Waals surface area contributed by atoms with Crippen molar-refractivity contribution in [3.05, 3.63) is 204 Å². The van der Waals surface area contributed by atoms with E-state index in [1.165, 1.54) is 22.3 Å². The van der Waals surface area contributed by atoms with Crippen molar-refractivity contribution in [1.29, 1.82) is 0 Å². The molecular formula is C50H35N3O. The van der Waals surface area contributed by atoms with E-state index >= 15 is 0 Å². The SMILES string of the molecule is [2H]C([2H])([2H])c1ccc(-c2ccnc(-c3cc(-c4cccc5c4nc(-c4ccccc4O)n5-c4ccccc4)c4c(c3)C(c3ccccc3)c3ccccc3-4)c2)cc1. The lowest BCUT2D eigenvalue weighted by atomic mass is 9.86. The second-order valence-corrected chi connectivity index (χ2v) is 13.7. The van der Waals surface area contributed by atoms with E-state index in [0.29, 0.717) is 17.0 Å². The van der Waals surface area contributed by atoms with Crippen LogP contribution >= 0.6 is 0 Å². The van der Waals surface area contributed by atoms with Gasteiger partial charge in [0.05, 0.1) is 22.3 Å². The van der Waals surface area contributed by atoms with E-state index in [4.69, 9.17) is 14.1 Å². The van der Waals surface area contributed by atoms with Gasteiger partial charge in [0.1, 0.15) is 11.6 Å². The molecule has 256 valence electrons. The highest BCUT2D eigenvalue weighted by Gasteiger charge is 2.33. The highest BCUT2D eigenvalue weighted by atomic mass is 16.3. The van der Waals surface area contributed by atoms with Crippen LogP contribution in [0.5, 0.6) is 5.75 Å². The van der Waals surface area contributed by atoms with Crippen molar-refractivity contribution >= 4 is 11.0 Å². The van der Waals surface area contributed by atoms with Gasteiger partial charge < -0.3 is 5.11 Å². The fraction of sp³-hybridized carbons (Fsp3) is 0.0400. The number of pyridine rings is 1. The van der Waals surface area contributed by atoms with Crippen LogP contribution in [0, 0.1) is 6.85 Å². The van der Waals surface area contributed by atoms with E-state index in [1.807, 2.05) is 60.8 Å². The number of phenols is 1. The number of imidazole rings is 1. The van der Waals surface area contributed by atoms with E-state index in [2.05, 4.69) is 108 Å². The maximum absolute atomic E-state index is 11.2. The third-order valence-electron chi connectivity index (χ3n) is 10.6. The molecule has 1 N–H and O–H groups in total. The maximum Gasteiger partial charge on any atom is 0.149 e. The molecule has 0 fully saturated rings. The number of hydrogen-bond acceptors (Lipinski definition) is 3. The van der Waals surface area contributed by atoms with Gasteiger partial charge in [-0.05, 0) is 106 Å². The summed E-state index contributed by atoms with van der Waals surface area (Å²) in [7, 11) is 0. The summed E-state index contributed by atoms with van der Waals surface area (Å²) in [5.74, 6) is 0.800. The quantitative estimate of drug-likeness (QED) is 0.188. The van der Waals surface area contributed by atoms with Crippen molar-refractivity contribution in [1.82, 2.24) is 14.5 Å². The standard InChI is InChI=1S/C50H35N3O/c1-32-23-25-33(26-24-32)35-27-28-51-44(31-35)36-29-42(48-39-18-9-8-17-38(39)47(43(48)30-36)34-13-4-2-5-14-34)40-20-12-21-45-49(40)52-50(41-19-10-11-22-46(41)54)53(45)37-15-6-3-7-16-37/h2-31,47,54H,1H3/i1D3. The number of benzene rings is 7. The first-order valence-electron chi connectivity index (χ1n) is 19.6. The van der Waals surface area contributed by atoms with Gasteiger partial charge in [-0.1, -0.05) is 127 Å². The molecule has 0 aliphatic heterocycles. The molecule has 4 heteroatoms. The van der Waals surface area contributed by atoms with Crippen LogP contribution in [0.3, 0.4) is 0 Å². The smallest absolute Gasteiger partial charge is 0.149 e. The number of rotatable bonds is 6. The molecule has 0 spiro atoms. The van der Waals surface area contributed by atoms with Gasteiger partial charge in [-0.2, -0.15) is 0 Å². The maximum atomic E-state index is 11.2. The van der Waals surface area contributed by atoms with E-state index in [0.717, 1.165) is 55.8 Å². The molecule has 7 aromatic carbocycles. The Morgan fingerprint density at radius 1 is 0.574 bits per heavy atom. The van der Waals surface area contributed by atoms with Gasteiger partial charge >= 0.3 is 0 Å². The first-order chi connectivity index (χ1) is 27.8. The van der Waals surface area contributed by atoms with Crippen LogP contribution in [0.25, 0.3) is 72.7 Å². The highest BCUT2D eigenvalue weighted by Crippen LogP contribution is 2.53. The Labute approximate surface area is 318 Å². The van der Waals surface area contributed by atoms with Crippen LogP contribution < -0.4 is 0 Å². The molecule has 9 aromatic rings. The first-order valence-corrected chi connectivity index (χ1v) is 18.1. The average molecular weight is 697 g/mol. The summed E-state index contributed by atoms with van der Waals surface area (Å²) in [5, 5.41) is 11.2. The topological polar surface area (TPSA) is 50.9 Å². The van der Waals surface area contributed by atoms with Gasteiger partial charge in [-0.3, -0.25) is 9.55 Å². The van der Waals surface area contributed by atoms with E-state index in [-0.39, 0.29) is 11.7 Å². The van der Waals surface area contributed by atoms with Crippen LogP contribution in [-0.2, 0) is 0 Å². The number of phenolic OH excluding ortho intramolecular Hbond substituents is 1. The molecule has 0 amide bonds. The number of aryl methyl sites for hydroxylation is 1. The number of hydrogen-bond donors (Lipinski definition) is 1. The highest BCUT2D eigenvalue weighted by molar-refractivity contribution is 6.03. The Morgan fingerprint density at radius 3 is 2.09 bits per heavy atom. The van der Waals surface area contributed by atoms with Crippen molar-refractivity contribution < 1.29 is 9.22 Å². The van der Waals surface area contributed by atoms with Crippen LogP contribution in [-0.4, -0.2) is 19.6 Å². The van der Waals surface area contributed by atoms with E-state index < -0.39 is 6.85 Å². The summed E-state index contributed by atoms with van der Waals surface area (Å²) in [4.78, 5) is 10.3. The third kappa shape index (κ3) is 5.22. The summed E-state index contributed by atoms with van der Waals surface area (Å²) in [5.41, 5.74) is 15.2. The van der Waals surface area contributed by atoms with Crippen molar-refractivity contribution in [2.24, 2.45) is 0 Å². The van der Waals surface area contributed by atoms with Crippen molar-refractivity contribution in [3.63, 3.8) is 0 Å². The van der Waals surface area contributed by atoms with E-state index in [1.54, 1.807) is 18.2 Å². The number of fused-ring (bicyclic) bond motifs is 4. The molecule has 2 heterocycles. The Morgan fingerprint density at radius 2 is 1.30 bits per heavy atom. The summed E-state index contributed by atoms with van der Waals surface area (Å²) in [6.45, 7) is -2.17. The molecule has 54 heavy (non-hydrogen) atoms. The molecule has 1 aliphatic rings. The molecule has 0 bridgehead atoms. The normalized spacial score (nSPS) is 14.2. The monoisotopic (exact) mass is 696 g/mol. The van der Waals surface area contributed by atoms with Gasteiger partial charge in [0.2, 0.25) is 0 Å². The lowest BCUT2D eigenvalue weighted by Crippen LogP contribution is -2.00. The lowest BCUT2D eigenvalue weighted by Gasteiger charge is -2.18. The largest absolute Gasteiger partial charge is 0.507 e. The third-order valence-corrected chi connectivity index (χ3v) is 10.6. The number of aromatic hydroxyl groups is 1. The van der Waals surface area contributed by atoms with Gasteiger partial charge in [-0.25, -0.2) is 4.98 Å². The molecule has 1 atom stereocenters. The summed E-state index contributed by atoms with van der Waals surface area (Å²) in [6.07, 6.45) is 1.82. The molecule has 10 rings (SSSR count). The van der Waals surface area contributed by atoms with Gasteiger partial charge in [-0.15, -0.1) is 0 Å². The molecule has 0 saturated heterocycles. The first kappa shape index (κ1) is 28.5. The molecule has 2 aromatic heterocycles. The number of nitrogens with zero attached hydrogens (tertiary/aromatic N) is 3. The molecule has 0 radical (unpaired) electrons. The minimum Gasteiger partial charge on any atom is -0.507 e. The number of para-hydroxylation sites is 3. The lowest BCUT2D eigenvalue weighted by molar-refractivity contribution is 0.477. The predicted octanol–water partition coefficient (Wildman–Crippen LogP) is 12.3. The van der Waals surface area contributed by atoms with Gasteiger partial charge in [0.15, 0.2) is 0 Å². The Balaban J connectivity index is 1.24. The minimum absolute atomic E-state index is 0.00961. The Bertz CT molecular complexity index is 2960. The van der Waals surface area contributed by atoms with Crippen molar-refractivity contribution in [2.75, 3.05) is 0 Å². The second kappa shape index (κ2) is 12.9. The summed E-state index contributed by atoms with van der Waals surface area (Å²) < 4.78 is 25.6. The van der Waals surface area contributed by atoms with Gasteiger partial charge in [0.25, 0.3) is 0 Å². The Hall–Kier alpha value is -7.04. The summed E-state index contributed by atoms with van der Waals surface area (Å²) in [6, 6.07) is 58.8. The second-order valence-electron chi connectivity index (χ2n) is 13.7. The molecule has 1 aliphatic carbocycles. The van der Waals surface area contributed by atoms with Crippen LogP contribution in [0.1, 0.15) is 32.3 Å². The fourth-order valence-corrected chi connectivity index (χ4v) is 8.13. The zero-order chi connectivity index (χ0) is 38.7. The molecule has 0 saturated carbocycles. The predicted molar refractivity (Wildman–Crippen MR) is 220 cm³/mol. The molecular weight excluding hydrogens is 659 g/mol. The summed E-state index contributed by atoms with van der Waals surface area (Å²) >= 11 is 0. The van der Waals surface area contributed by atoms with Crippen molar-refractivity contribution in [2.45, 2.75) is 12.8 Å². The molecule has 4 nitrogen and oxygen atoms in total. The van der Waals surface area contributed by atoms with Crippen LogP contribution in [0.15, 0.2) is 182 Å². The molecule has 1 unspecified atom stereocenters. The van der Waals surface area contributed by atoms with E-state index in [9.17, 15) is 5.11 Å². The average Bonchev–Trinajstić information content (AvgIpc) is 3.80. The zero-order valence-corrected chi connectivity index (χ0v) is 29.2. The zero-order valence-electron chi connectivity index (χ0n) is 32.2. The number of aromatic nitrogens is 3. The minimum atomic E-state index is -2.17.